The predicted octanol–water partition coefficient (Wildman–Crippen LogP) is 4.69. The van der Waals surface area contributed by atoms with Crippen molar-refractivity contribution >= 4 is 28.6 Å². The lowest BCUT2D eigenvalue weighted by molar-refractivity contribution is -0.115. The van der Waals surface area contributed by atoms with E-state index in [2.05, 4.69) is 10.3 Å². The number of nitrogens with two attached hydrogens (primary N) is 1. The minimum Gasteiger partial charge on any atom is -0.383 e. The molecule has 3 aromatic heterocycles. The van der Waals surface area contributed by atoms with Crippen LogP contribution in [0.4, 0.5) is 15.9 Å². The third kappa shape index (κ3) is 4.21. The number of anilines is 2. The molecule has 0 unspecified atom stereocenters. The Morgan fingerprint density at radius 3 is 2.62 bits per heavy atom. The smallest absolute Gasteiger partial charge is 0.228 e. The summed E-state index contributed by atoms with van der Waals surface area (Å²) in [6, 6.07) is 20.9. The molecule has 0 spiro atoms. The number of hydrogen-bond acceptors (Lipinski definition) is 5. The van der Waals surface area contributed by atoms with Gasteiger partial charge in [0.25, 0.3) is 0 Å². The van der Waals surface area contributed by atoms with Gasteiger partial charge in [0.15, 0.2) is 11.5 Å². The lowest BCUT2D eigenvalue weighted by Gasteiger charge is -2.11. The van der Waals surface area contributed by atoms with E-state index in [1.54, 1.807) is 18.3 Å². The van der Waals surface area contributed by atoms with Crippen molar-refractivity contribution in [3.05, 3.63) is 96.1 Å². The van der Waals surface area contributed by atoms with Crippen LogP contribution in [-0.2, 0) is 11.2 Å². The number of carbonyl (C=O) groups excluding carboxylic acids is 1. The Hall–Kier alpha value is -4.59. The number of halogens is 1. The second kappa shape index (κ2) is 8.74. The number of imidazole rings is 1. The second-order valence-electron chi connectivity index (χ2n) is 7.90. The summed E-state index contributed by atoms with van der Waals surface area (Å²) < 4.78 is 15.3. The Morgan fingerprint density at radius 2 is 1.85 bits per heavy atom. The molecule has 0 saturated heterocycles. The highest BCUT2D eigenvalue weighted by molar-refractivity contribution is 5.92. The lowest BCUT2D eigenvalue weighted by Crippen LogP contribution is -2.14. The fourth-order valence-corrected chi connectivity index (χ4v) is 3.80. The number of hydrogen-bond donors (Lipinski definition) is 2. The van der Waals surface area contributed by atoms with Crippen LogP contribution in [0.15, 0.2) is 79.0 Å². The van der Waals surface area contributed by atoms with E-state index >= 15 is 0 Å². The van der Waals surface area contributed by atoms with Crippen molar-refractivity contribution in [1.82, 2.24) is 19.5 Å². The van der Waals surface area contributed by atoms with E-state index in [-0.39, 0.29) is 12.3 Å². The van der Waals surface area contributed by atoms with Gasteiger partial charge in [0.05, 0.1) is 12.0 Å². The van der Waals surface area contributed by atoms with Gasteiger partial charge in [-0.05, 0) is 67.1 Å². The van der Waals surface area contributed by atoms with E-state index in [9.17, 15) is 9.18 Å². The Labute approximate surface area is 195 Å². The Morgan fingerprint density at radius 1 is 1.03 bits per heavy atom. The molecule has 168 valence electrons. The zero-order valence-corrected chi connectivity index (χ0v) is 18.4. The largest absolute Gasteiger partial charge is 0.383 e. The number of nitrogen functional groups attached to an aromatic ring is 1. The van der Waals surface area contributed by atoms with Crippen molar-refractivity contribution in [2.45, 2.75) is 13.3 Å². The second-order valence-corrected chi connectivity index (χ2v) is 7.90. The van der Waals surface area contributed by atoms with Crippen molar-refractivity contribution in [3.8, 4) is 17.1 Å². The zero-order chi connectivity index (χ0) is 23.7. The highest BCUT2D eigenvalue weighted by atomic mass is 19.1. The first-order valence-corrected chi connectivity index (χ1v) is 10.7. The lowest BCUT2D eigenvalue weighted by atomic mass is 10.1. The maximum atomic E-state index is 13.4. The third-order valence-electron chi connectivity index (χ3n) is 5.39. The Balaban J connectivity index is 1.48. The number of benzene rings is 2. The molecule has 8 heteroatoms. The standard InChI is InChI=1S/C26H21FN6O/c1-16-7-12-22-26(30-16)33(25(32-22)21-6-3-13-29-24(21)28)20-10-8-17(9-11-20)14-23(34)31-19-5-2-4-18(27)15-19/h2-13,15H,14H2,1H3,(H2,28,29)(H,31,34). The average molecular weight is 452 g/mol. The van der Waals surface area contributed by atoms with Crippen molar-refractivity contribution in [3.63, 3.8) is 0 Å². The summed E-state index contributed by atoms with van der Waals surface area (Å²) in [5.41, 5.74) is 11.2. The van der Waals surface area contributed by atoms with Gasteiger partial charge in [-0.15, -0.1) is 0 Å². The van der Waals surface area contributed by atoms with Crippen LogP contribution >= 0.6 is 0 Å². The van der Waals surface area contributed by atoms with Crippen molar-refractivity contribution in [1.29, 1.82) is 0 Å². The maximum absolute atomic E-state index is 13.4. The molecule has 0 aliphatic carbocycles. The molecule has 0 bridgehead atoms. The van der Waals surface area contributed by atoms with Gasteiger partial charge in [-0.2, -0.15) is 0 Å². The van der Waals surface area contributed by atoms with Gasteiger partial charge in [0.1, 0.15) is 17.2 Å². The number of nitrogens with one attached hydrogen (secondary N) is 1. The molecule has 34 heavy (non-hydrogen) atoms. The molecule has 3 heterocycles. The number of fused-ring (bicyclic) bond motifs is 1. The van der Waals surface area contributed by atoms with Crippen LogP contribution in [0.2, 0.25) is 0 Å². The maximum Gasteiger partial charge on any atom is 0.228 e. The number of amides is 1. The van der Waals surface area contributed by atoms with Gasteiger partial charge in [0.2, 0.25) is 5.91 Å². The van der Waals surface area contributed by atoms with Gasteiger partial charge in [0, 0.05) is 23.3 Å². The van der Waals surface area contributed by atoms with Gasteiger partial charge in [-0.25, -0.2) is 19.3 Å². The number of aromatic nitrogens is 4. The molecular formula is C26H21FN6O. The van der Waals surface area contributed by atoms with E-state index in [0.717, 1.165) is 22.5 Å². The summed E-state index contributed by atoms with van der Waals surface area (Å²) in [6.45, 7) is 1.93. The number of rotatable bonds is 5. The van der Waals surface area contributed by atoms with Crippen molar-refractivity contribution in [2.75, 3.05) is 11.1 Å². The summed E-state index contributed by atoms with van der Waals surface area (Å²) in [6.07, 6.45) is 1.79. The molecule has 5 aromatic rings. The third-order valence-corrected chi connectivity index (χ3v) is 5.39. The Kier molecular flexibility index (Phi) is 5.47. The first-order chi connectivity index (χ1) is 16.5. The molecule has 1 amide bonds. The van der Waals surface area contributed by atoms with Crippen molar-refractivity contribution in [2.24, 2.45) is 0 Å². The van der Waals surface area contributed by atoms with E-state index in [0.29, 0.717) is 28.5 Å². The molecule has 0 aliphatic rings. The fraction of sp³-hybridized carbons (Fsp3) is 0.0769. The van der Waals surface area contributed by atoms with Gasteiger partial charge < -0.3 is 11.1 Å². The van der Waals surface area contributed by atoms with Crippen LogP contribution in [0.3, 0.4) is 0 Å². The van der Waals surface area contributed by atoms with Crippen LogP contribution in [-0.4, -0.2) is 25.4 Å². The fourth-order valence-electron chi connectivity index (χ4n) is 3.80. The minimum absolute atomic E-state index is 0.154. The molecule has 5 rings (SSSR count). The van der Waals surface area contributed by atoms with Crippen LogP contribution in [0.25, 0.3) is 28.2 Å². The summed E-state index contributed by atoms with van der Waals surface area (Å²) in [7, 11) is 0. The number of nitrogens with zero attached hydrogens (tertiary/aromatic N) is 4. The van der Waals surface area contributed by atoms with E-state index in [4.69, 9.17) is 15.7 Å². The minimum atomic E-state index is -0.399. The number of pyridine rings is 2. The monoisotopic (exact) mass is 452 g/mol. The van der Waals surface area contributed by atoms with E-state index in [1.165, 1.54) is 12.1 Å². The normalized spacial score (nSPS) is 11.0. The molecule has 0 aliphatic heterocycles. The molecular weight excluding hydrogens is 431 g/mol. The molecule has 0 atom stereocenters. The zero-order valence-electron chi connectivity index (χ0n) is 18.4. The van der Waals surface area contributed by atoms with Crippen molar-refractivity contribution < 1.29 is 9.18 Å². The number of aryl methyl sites for hydroxylation is 1. The predicted molar refractivity (Wildman–Crippen MR) is 130 cm³/mol. The summed E-state index contributed by atoms with van der Waals surface area (Å²) >= 11 is 0. The highest BCUT2D eigenvalue weighted by Gasteiger charge is 2.18. The van der Waals surface area contributed by atoms with Crippen LogP contribution < -0.4 is 11.1 Å². The molecule has 0 saturated carbocycles. The van der Waals surface area contributed by atoms with Crippen LogP contribution in [0, 0.1) is 12.7 Å². The van der Waals surface area contributed by atoms with Gasteiger partial charge >= 0.3 is 0 Å². The molecule has 0 radical (unpaired) electrons. The first kappa shape index (κ1) is 21.3. The molecule has 3 N–H and O–H groups in total. The SMILES string of the molecule is Cc1ccc2nc(-c3cccnc3N)n(-c3ccc(CC(=O)Nc4cccc(F)c4)cc3)c2n1. The van der Waals surface area contributed by atoms with E-state index in [1.807, 2.05) is 60.0 Å². The molecule has 2 aromatic carbocycles. The summed E-state index contributed by atoms with van der Waals surface area (Å²) in [5, 5.41) is 2.72. The quantitative estimate of drug-likeness (QED) is 0.403. The topological polar surface area (TPSA) is 98.7 Å². The molecule has 0 fully saturated rings. The first-order valence-electron chi connectivity index (χ1n) is 10.7. The Bertz CT molecular complexity index is 1510. The number of carbonyl (C=O) groups is 1. The van der Waals surface area contributed by atoms with Gasteiger partial charge in [-0.3, -0.25) is 9.36 Å². The summed E-state index contributed by atoms with van der Waals surface area (Å²) in [4.78, 5) is 26.1. The van der Waals surface area contributed by atoms with Gasteiger partial charge in [-0.1, -0.05) is 18.2 Å². The average Bonchev–Trinajstić information content (AvgIpc) is 3.18. The molecule has 7 nitrogen and oxygen atoms in total. The van der Waals surface area contributed by atoms with E-state index < -0.39 is 5.82 Å². The van der Waals surface area contributed by atoms with Crippen LogP contribution in [0.1, 0.15) is 11.3 Å². The van der Waals surface area contributed by atoms with Crippen LogP contribution in [0.5, 0.6) is 0 Å². The highest BCUT2D eigenvalue weighted by Crippen LogP contribution is 2.30. The summed E-state index contributed by atoms with van der Waals surface area (Å²) in [5.74, 6) is 0.382.